The van der Waals surface area contributed by atoms with E-state index in [1.807, 2.05) is 36.4 Å². The molecule has 2 aromatic carbocycles. The summed E-state index contributed by atoms with van der Waals surface area (Å²) in [5.74, 6) is -1.88. The van der Waals surface area contributed by atoms with Crippen molar-refractivity contribution >= 4 is 39.2 Å². The van der Waals surface area contributed by atoms with Crippen molar-refractivity contribution in [2.75, 3.05) is 16.9 Å². The van der Waals surface area contributed by atoms with Gasteiger partial charge in [-0.05, 0) is 60.6 Å². The maximum absolute atomic E-state index is 14.1. The SMILES string of the molecule is CC(=O)N1C(c2ccccc2)N(c2ccc(CC(NC(=O)C3(CCCCS(C)(=O)=O)CCCC3)C(=O)O)cc2)C(=O)[C@H]1Cc1cccnc1. The first-order valence-electron chi connectivity index (χ1n) is 16.7. The fourth-order valence-electron chi connectivity index (χ4n) is 7.23. The molecule has 1 saturated heterocycles. The van der Waals surface area contributed by atoms with Crippen LogP contribution in [0.25, 0.3) is 0 Å². The van der Waals surface area contributed by atoms with Crippen LogP contribution >= 0.6 is 0 Å². The van der Waals surface area contributed by atoms with Crippen molar-refractivity contribution in [3.8, 4) is 0 Å². The number of sulfone groups is 1. The molecule has 12 heteroatoms. The molecule has 1 aromatic heterocycles. The lowest BCUT2D eigenvalue weighted by Gasteiger charge is -2.31. The highest BCUT2D eigenvalue weighted by Gasteiger charge is 2.49. The molecule has 1 saturated carbocycles. The molecule has 1 aliphatic heterocycles. The van der Waals surface area contributed by atoms with Crippen LogP contribution in [0, 0.1) is 5.41 Å². The van der Waals surface area contributed by atoms with E-state index >= 15 is 0 Å². The summed E-state index contributed by atoms with van der Waals surface area (Å²) in [5.41, 5.74) is 2.11. The molecule has 1 aliphatic carbocycles. The van der Waals surface area contributed by atoms with Gasteiger partial charge in [0, 0.05) is 55.3 Å². The van der Waals surface area contributed by atoms with Gasteiger partial charge in [0.2, 0.25) is 11.8 Å². The van der Waals surface area contributed by atoms with E-state index in [9.17, 15) is 32.7 Å². The Hall–Kier alpha value is -4.58. The summed E-state index contributed by atoms with van der Waals surface area (Å²) in [4.78, 5) is 60.6. The second kappa shape index (κ2) is 15.3. The second-order valence-corrected chi connectivity index (χ2v) is 15.6. The summed E-state index contributed by atoms with van der Waals surface area (Å²) in [6.45, 7) is 1.46. The quantitative estimate of drug-likeness (QED) is 0.235. The maximum atomic E-state index is 14.1. The number of amides is 3. The summed E-state index contributed by atoms with van der Waals surface area (Å²) in [6.07, 6.45) is 8.73. The molecule has 3 amide bonds. The molecule has 3 atom stereocenters. The zero-order valence-corrected chi connectivity index (χ0v) is 28.8. The minimum Gasteiger partial charge on any atom is -0.480 e. The van der Waals surface area contributed by atoms with Gasteiger partial charge in [0.1, 0.15) is 28.1 Å². The third-order valence-electron chi connectivity index (χ3n) is 9.70. The van der Waals surface area contributed by atoms with Crippen molar-refractivity contribution in [2.24, 2.45) is 5.41 Å². The van der Waals surface area contributed by atoms with E-state index in [1.165, 1.54) is 13.2 Å². The number of carboxylic acids is 1. The molecular weight excluding hydrogens is 644 g/mol. The van der Waals surface area contributed by atoms with Crippen molar-refractivity contribution in [3.05, 3.63) is 95.8 Å². The number of carbonyl (C=O) groups is 4. The van der Waals surface area contributed by atoms with Crippen molar-refractivity contribution < 1.29 is 32.7 Å². The Balaban J connectivity index is 1.35. The number of carbonyl (C=O) groups excluding carboxylic acids is 3. The van der Waals surface area contributed by atoms with Gasteiger partial charge in [-0.15, -0.1) is 0 Å². The Morgan fingerprint density at radius 1 is 0.980 bits per heavy atom. The molecule has 260 valence electrons. The molecule has 2 aliphatic rings. The number of rotatable bonds is 14. The molecule has 0 spiro atoms. The zero-order chi connectivity index (χ0) is 35.2. The third-order valence-corrected chi connectivity index (χ3v) is 10.7. The largest absolute Gasteiger partial charge is 0.480 e. The number of nitrogens with zero attached hydrogens (tertiary/aromatic N) is 3. The van der Waals surface area contributed by atoms with Gasteiger partial charge >= 0.3 is 5.97 Å². The number of anilines is 1. The number of aliphatic carboxylic acids is 1. The van der Waals surface area contributed by atoms with Crippen LogP contribution < -0.4 is 10.2 Å². The number of nitrogens with one attached hydrogen (secondary N) is 1. The first kappa shape index (κ1) is 35.7. The number of hydrogen-bond acceptors (Lipinski definition) is 7. The Morgan fingerprint density at radius 2 is 1.67 bits per heavy atom. The fraction of sp³-hybridized carbons (Fsp3) is 0.432. The van der Waals surface area contributed by atoms with Crippen LogP contribution in [0.4, 0.5) is 5.69 Å². The van der Waals surface area contributed by atoms with Crippen LogP contribution in [0.3, 0.4) is 0 Å². The van der Waals surface area contributed by atoms with Crippen molar-refractivity contribution in [1.82, 2.24) is 15.2 Å². The Morgan fingerprint density at radius 3 is 2.27 bits per heavy atom. The van der Waals surface area contributed by atoms with Crippen LogP contribution in [0.15, 0.2) is 79.1 Å². The van der Waals surface area contributed by atoms with E-state index in [0.29, 0.717) is 49.8 Å². The minimum atomic E-state index is -3.10. The minimum absolute atomic E-state index is 0.0325. The predicted molar refractivity (Wildman–Crippen MR) is 185 cm³/mol. The highest BCUT2D eigenvalue weighted by atomic mass is 32.2. The molecular formula is C37H44N4O7S. The summed E-state index contributed by atoms with van der Waals surface area (Å²) in [7, 11) is -3.10. The average Bonchev–Trinajstić information content (AvgIpc) is 3.67. The lowest BCUT2D eigenvalue weighted by atomic mass is 9.80. The van der Waals surface area contributed by atoms with Gasteiger partial charge in [-0.25, -0.2) is 13.2 Å². The summed E-state index contributed by atoms with van der Waals surface area (Å²) >= 11 is 0. The van der Waals surface area contributed by atoms with E-state index in [4.69, 9.17) is 0 Å². The fourth-order valence-corrected chi connectivity index (χ4v) is 7.96. The molecule has 3 aromatic rings. The average molecular weight is 689 g/mol. The van der Waals surface area contributed by atoms with Gasteiger partial charge in [0.05, 0.1) is 0 Å². The highest BCUT2D eigenvalue weighted by molar-refractivity contribution is 7.90. The first-order valence-corrected chi connectivity index (χ1v) is 18.8. The van der Waals surface area contributed by atoms with Gasteiger partial charge in [-0.2, -0.15) is 0 Å². The van der Waals surface area contributed by atoms with E-state index in [1.54, 1.807) is 52.5 Å². The Labute approximate surface area is 287 Å². The lowest BCUT2D eigenvalue weighted by Crippen LogP contribution is -2.48. The summed E-state index contributed by atoms with van der Waals surface area (Å²) in [5, 5.41) is 12.9. The van der Waals surface area contributed by atoms with E-state index in [2.05, 4.69) is 10.3 Å². The van der Waals surface area contributed by atoms with E-state index in [0.717, 1.165) is 24.0 Å². The Kier molecular flexibility index (Phi) is 11.2. The third kappa shape index (κ3) is 8.54. The van der Waals surface area contributed by atoms with Crippen LogP contribution in [0.2, 0.25) is 0 Å². The molecule has 49 heavy (non-hydrogen) atoms. The van der Waals surface area contributed by atoms with Crippen LogP contribution in [-0.4, -0.2) is 71.2 Å². The maximum Gasteiger partial charge on any atom is 0.326 e. The standard InChI is InChI=1S/C37H44N4O7S/c1-26(42)40-32(24-28-11-10-21-38-25-28)34(43)41(33(40)29-12-4-3-5-13-29)30-16-14-27(15-17-30)23-31(35(44)45)39-36(46)37(18-6-7-19-37)20-8-9-22-49(2,47)48/h3-5,10-17,21,25,31-33H,6-9,18-20,22-24H2,1-2H3,(H,39,46)(H,44,45)/t31?,32-,33?/m1/s1. The van der Waals surface area contributed by atoms with Gasteiger partial charge in [-0.3, -0.25) is 24.3 Å². The number of aromatic nitrogens is 1. The zero-order valence-electron chi connectivity index (χ0n) is 28.0. The van der Waals surface area contributed by atoms with Crippen molar-refractivity contribution in [2.45, 2.75) is 83.0 Å². The molecule has 0 radical (unpaired) electrons. The van der Waals surface area contributed by atoms with Gasteiger partial charge in [0.15, 0.2) is 0 Å². The van der Waals surface area contributed by atoms with E-state index < -0.39 is 39.5 Å². The van der Waals surface area contributed by atoms with Gasteiger partial charge in [0.25, 0.3) is 5.91 Å². The van der Waals surface area contributed by atoms with Gasteiger partial charge in [-0.1, -0.05) is 67.8 Å². The van der Waals surface area contributed by atoms with Crippen LogP contribution in [0.1, 0.15) is 74.7 Å². The number of hydrogen-bond donors (Lipinski definition) is 2. The molecule has 5 rings (SSSR count). The highest BCUT2D eigenvalue weighted by Crippen LogP contribution is 2.43. The lowest BCUT2D eigenvalue weighted by molar-refractivity contribution is -0.144. The van der Waals surface area contributed by atoms with Crippen molar-refractivity contribution in [3.63, 3.8) is 0 Å². The van der Waals surface area contributed by atoms with Gasteiger partial charge < -0.3 is 15.3 Å². The Bertz CT molecular complexity index is 1740. The molecule has 11 nitrogen and oxygen atoms in total. The predicted octanol–water partition coefficient (Wildman–Crippen LogP) is 4.47. The van der Waals surface area contributed by atoms with Crippen LogP contribution in [0.5, 0.6) is 0 Å². The number of pyridine rings is 1. The number of unbranched alkanes of at least 4 members (excludes halogenated alkanes) is 1. The topological polar surface area (TPSA) is 154 Å². The second-order valence-electron chi connectivity index (χ2n) is 13.3. The molecule has 2 unspecified atom stereocenters. The summed E-state index contributed by atoms with van der Waals surface area (Å²) < 4.78 is 23.1. The number of carboxylic acid groups (broad SMARTS) is 1. The monoisotopic (exact) mass is 688 g/mol. The van der Waals surface area contributed by atoms with Crippen LogP contribution in [-0.2, 0) is 41.9 Å². The molecule has 2 heterocycles. The first-order chi connectivity index (χ1) is 23.4. The molecule has 0 bridgehead atoms. The van der Waals surface area contributed by atoms with Crippen molar-refractivity contribution in [1.29, 1.82) is 0 Å². The molecule has 2 fully saturated rings. The number of benzene rings is 2. The molecule has 2 N–H and O–H groups in total. The smallest absolute Gasteiger partial charge is 0.326 e. The normalized spacial score (nSPS) is 19.5. The van der Waals surface area contributed by atoms with E-state index in [-0.39, 0.29) is 29.9 Å². The summed E-state index contributed by atoms with van der Waals surface area (Å²) in [6, 6.07) is 18.1.